The molecule has 1 N–H and O–H groups in total. The van der Waals surface area contributed by atoms with Gasteiger partial charge >= 0.3 is 0 Å². The zero-order valence-corrected chi connectivity index (χ0v) is 13.6. The normalized spacial score (nSPS) is 12.2. The van der Waals surface area contributed by atoms with Gasteiger partial charge in [-0.25, -0.2) is 0 Å². The second kappa shape index (κ2) is 7.68. The van der Waals surface area contributed by atoms with Crippen molar-refractivity contribution in [2.75, 3.05) is 6.61 Å². The van der Waals surface area contributed by atoms with Gasteiger partial charge in [-0.3, -0.25) is 0 Å². The van der Waals surface area contributed by atoms with Gasteiger partial charge in [0.2, 0.25) is 0 Å². The van der Waals surface area contributed by atoms with Crippen LogP contribution in [-0.2, 0) is 5.60 Å². The maximum Gasteiger partial charge on any atom is 0.125 e. The predicted octanol–water partition coefficient (Wildman–Crippen LogP) is 4.76. The summed E-state index contributed by atoms with van der Waals surface area (Å²) in [4.78, 5) is 0. The van der Waals surface area contributed by atoms with E-state index in [1.54, 1.807) is 0 Å². The van der Waals surface area contributed by atoms with Crippen molar-refractivity contribution in [2.45, 2.75) is 59.5 Å². The minimum atomic E-state index is -0.799. The smallest absolute Gasteiger partial charge is 0.125 e. The molecule has 0 aliphatic rings. The molecule has 0 aliphatic heterocycles. The Morgan fingerprint density at radius 1 is 1.05 bits per heavy atom. The number of para-hydroxylation sites is 1. The van der Waals surface area contributed by atoms with Crippen LogP contribution in [0.5, 0.6) is 5.75 Å². The Bertz CT molecular complexity index is 386. The van der Waals surface area contributed by atoms with Gasteiger partial charge in [-0.15, -0.1) is 0 Å². The van der Waals surface area contributed by atoms with E-state index in [2.05, 4.69) is 34.6 Å². The molecule has 0 aromatic heterocycles. The Balaban J connectivity index is 3.12. The highest BCUT2D eigenvalue weighted by Crippen LogP contribution is 2.39. The summed E-state index contributed by atoms with van der Waals surface area (Å²) in [5, 5.41) is 11.2. The lowest BCUT2D eigenvalue weighted by Gasteiger charge is -2.33. The molecule has 2 nitrogen and oxygen atoms in total. The zero-order chi connectivity index (χ0) is 15.2. The first-order chi connectivity index (χ1) is 9.39. The molecule has 20 heavy (non-hydrogen) atoms. The Morgan fingerprint density at radius 2 is 1.60 bits per heavy atom. The minimum Gasteiger partial charge on any atom is -0.493 e. The predicted molar refractivity (Wildman–Crippen MR) is 85.0 cm³/mol. The maximum atomic E-state index is 11.2. The van der Waals surface area contributed by atoms with Gasteiger partial charge in [-0.1, -0.05) is 52.8 Å². The molecule has 0 amide bonds. The third-order valence-corrected chi connectivity index (χ3v) is 3.34. The SMILES string of the molecule is CCCOc1ccccc1C(O)(CC(C)C)CC(C)C. The minimum absolute atomic E-state index is 0.443. The van der Waals surface area contributed by atoms with Gasteiger partial charge in [-0.05, 0) is 37.2 Å². The van der Waals surface area contributed by atoms with Crippen LogP contribution in [0, 0.1) is 11.8 Å². The van der Waals surface area contributed by atoms with Crippen LogP contribution in [0.1, 0.15) is 59.4 Å². The molecule has 114 valence electrons. The highest BCUT2D eigenvalue weighted by molar-refractivity contribution is 5.38. The van der Waals surface area contributed by atoms with Crippen molar-refractivity contribution in [3.05, 3.63) is 29.8 Å². The Hall–Kier alpha value is -1.02. The van der Waals surface area contributed by atoms with Gasteiger partial charge < -0.3 is 9.84 Å². The van der Waals surface area contributed by atoms with E-state index >= 15 is 0 Å². The second-order valence-electron chi connectivity index (χ2n) is 6.57. The van der Waals surface area contributed by atoms with Crippen molar-refractivity contribution in [1.82, 2.24) is 0 Å². The number of ether oxygens (including phenoxy) is 1. The fourth-order valence-electron chi connectivity index (χ4n) is 2.84. The number of rotatable bonds is 8. The molecule has 0 aliphatic carbocycles. The standard InChI is InChI=1S/C18H30O2/c1-6-11-20-17-10-8-7-9-16(17)18(19,12-14(2)3)13-15(4)5/h7-10,14-15,19H,6,11-13H2,1-5H3. The molecular formula is C18H30O2. The van der Waals surface area contributed by atoms with Crippen LogP contribution in [0.2, 0.25) is 0 Å². The van der Waals surface area contributed by atoms with Gasteiger partial charge in [0.25, 0.3) is 0 Å². The molecule has 1 aromatic carbocycles. The molecule has 0 atom stereocenters. The first-order valence-corrected chi connectivity index (χ1v) is 7.83. The fraction of sp³-hybridized carbons (Fsp3) is 0.667. The van der Waals surface area contributed by atoms with Gasteiger partial charge in [0.1, 0.15) is 5.75 Å². The van der Waals surface area contributed by atoms with E-state index in [4.69, 9.17) is 4.74 Å². The van der Waals surface area contributed by atoms with E-state index in [0.29, 0.717) is 18.4 Å². The average molecular weight is 278 g/mol. The van der Waals surface area contributed by atoms with Crippen LogP contribution >= 0.6 is 0 Å². The lowest BCUT2D eigenvalue weighted by molar-refractivity contribution is -0.00682. The van der Waals surface area contributed by atoms with Gasteiger partial charge in [0.05, 0.1) is 12.2 Å². The summed E-state index contributed by atoms with van der Waals surface area (Å²) in [6.07, 6.45) is 2.50. The van der Waals surface area contributed by atoms with Crippen LogP contribution in [-0.4, -0.2) is 11.7 Å². The molecule has 0 saturated heterocycles. The van der Waals surface area contributed by atoms with E-state index in [9.17, 15) is 5.11 Å². The molecule has 0 heterocycles. The average Bonchev–Trinajstić information content (AvgIpc) is 2.34. The number of aliphatic hydroxyl groups is 1. The van der Waals surface area contributed by atoms with Crippen molar-refractivity contribution in [3.63, 3.8) is 0 Å². The van der Waals surface area contributed by atoms with Gasteiger partial charge in [-0.2, -0.15) is 0 Å². The molecular weight excluding hydrogens is 248 g/mol. The summed E-state index contributed by atoms with van der Waals surface area (Å²) in [7, 11) is 0. The van der Waals surface area contributed by atoms with Crippen LogP contribution in [0.25, 0.3) is 0 Å². The lowest BCUT2D eigenvalue weighted by atomic mass is 9.79. The molecule has 2 heteroatoms. The maximum absolute atomic E-state index is 11.2. The van der Waals surface area contributed by atoms with Crippen molar-refractivity contribution in [1.29, 1.82) is 0 Å². The Labute approximate surface area is 124 Å². The summed E-state index contributed by atoms with van der Waals surface area (Å²) in [6, 6.07) is 7.94. The summed E-state index contributed by atoms with van der Waals surface area (Å²) >= 11 is 0. The van der Waals surface area contributed by atoms with E-state index < -0.39 is 5.60 Å². The number of benzene rings is 1. The van der Waals surface area contributed by atoms with E-state index in [-0.39, 0.29) is 0 Å². The summed E-state index contributed by atoms with van der Waals surface area (Å²) in [6.45, 7) is 11.4. The summed E-state index contributed by atoms with van der Waals surface area (Å²) < 4.78 is 5.84. The largest absolute Gasteiger partial charge is 0.493 e. The molecule has 0 spiro atoms. The van der Waals surface area contributed by atoms with E-state index in [1.165, 1.54) is 0 Å². The lowest BCUT2D eigenvalue weighted by Crippen LogP contribution is -2.30. The zero-order valence-electron chi connectivity index (χ0n) is 13.6. The number of hydrogen-bond donors (Lipinski definition) is 1. The summed E-state index contributed by atoms with van der Waals surface area (Å²) in [5.74, 6) is 1.72. The van der Waals surface area contributed by atoms with Crippen molar-refractivity contribution >= 4 is 0 Å². The van der Waals surface area contributed by atoms with Crippen LogP contribution in [0.3, 0.4) is 0 Å². The highest BCUT2D eigenvalue weighted by Gasteiger charge is 2.33. The monoisotopic (exact) mass is 278 g/mol. The van der Waals surface area contributed by atoms with E-state index in [0.717, 1.165) is 30.6 Å². The highest BCUT2D eigenvalue weighted by atomic mass is 16.5. The molecule has 1 aromatic rings. The molecule has 0 bridgehead atoms. The number of hydrogen-bond acceptors (Lipinski definition) is 2. The Kier molecular flexibility index (Phi) is 6.54. The van der Waals surface area contributed by atoms with Crippen LogP contribution < -0.4 is 4.74 Å². The second-order valence-corrected chi connectivity index (χ2v) is 6.57. The third-order valence-electron chi connectivity index (χ3n) is 3.34. The van der Waals surface area contributed by atoms with Crippen LogP contribution in [0.4, 0.5) is 0 Å². The van der Waals surface area contributed by atoms with Gasteiger partial charge in [0, 0.05) is 5.56 Å². The first kappa shape index (κ1) is 17.0. The quantitative estimate of drug-likeness (QED) is 0.743. The fourth-order valence-corrected chi connectivity index (χ4v) is 2.84. The van der Waals surface area contributed by atoms with E-state index in [1.807, 2.05) is 24.3 Å². The topological polar surface area (TPSA) is 29.5 Å². The Morgan fingerprint density at radius 3 is 2.10 bits per heavy atom. The molecule has 0 fully saturated rings. The van der Waals surface area contributed by atoms with Crippen molar-refractivity contribution in [3.8, 4) is 5.75 Å². The summed E-state index contributed by atoms with van der Waals surface area (Å²) in [5.41, 5.74) is 0.142. The first-order valence-electron chi connectivity index (χ1n) is 7.83. The third kappa shape index (κ3) is 4.82. The molecule has 0 unspecified atom stereocenters. The molecule has 0 radical (unpaired) electrons. The molecule has 1 rings (SSSR count). The van der Waals surface area contributed by atoms with Crippen molar-refractivity contribution in [2.24, 2.45) is 11.8 Å². The van der Waals surface area contributed by atoms with Gasteiger partial charge in [0.15, 0.2) is 0 Å². The molecule has 0 saturated carbocycles. The van der Waals surface area contributed by atoms with Crippen LogP contribution in [0.15, 0.2) is 24.3 Å². The van der Waals surface area contributed by atoms with Crippen molar-refractivity contribution < 1.29 is 9.84 Å².